The van der Waals surface area contributed by atoms with Crippen LogP contribution in [0.1, 0.15) is 27.4 Å². The van der Waals surface area contributed by atoms with Gasteiger partial charge in [0, 0.05) is 0 Å². The average molecular weight is 296 g/mol. The number of nitrogens with zero attached hydrogens (tertiary/aromatic N) is 3. The third kappa shape index (κ3) is 3.53. The minimum atomic E-state index is -4.54. The van der Waals surface area contributed by atoms with Gasteiger partial charge in [-0.1, -0.05) is 0 Å². The molecule has 0 saturated heterocycles. The molecule has 0 bridgehead atoms. The van der Waals surface area contributed by atoms with Gasteiger partial charge in [0.1, 0.15) is 5.69 Å². The highest BCUT2D eigenvalue weighted by molar-refractivity contribution is 6.04. The number of alkyl halides is 3. The van der Waals surface area contributed by atoms with Gasteiger partial charge in [0.25, 0.3) is 5.91 Å². The fourth-order valence-electron chi connectivity index (χ4n) is 1.61. The van der Waals surface area contributed by atoms with Gasteiger partial charge in [0.2, 0.25) is 0 Å². The molecule has 2 heterocycles. The molecule has 110 valence electrons. The quantitative estimate of drug-likeness (QED) is 0.925. The van der Waals surface area contributed by atoms with E-state index in [1.807, 2.05) is 0 Å². The van der Waals surface area contributed by atoms with Crippen LogP contribution in [0.2, 0.25) is 0 Å². The van der Waals surface area contributed by atoms with Crippen LogP contribution < -0.4 is 5.32 Å². The number of pyridine rings is 1. The Morgan fingerprint density at radius 2 is 1.81 bits per heavy atom. The number of anilines is 1. The van der Waals surface area contributed by atoms with Crippen LogP contribution in [0.15, 0.2) is 24.3 Å². The van der Waals surface area contributed by atoms with Crippen LogP contribution >= 0.6 is 0 Å². The number of aromatic nitrogens is 3. The topological polar surface area (TPSA) is 67.8 Å². The largest absolute Gasteiger partial charge is 0.433 e. The summed E-state index contributed by atoms with van der Waals surface area (Å²) in [6.07, 6.45) is -4.54. The van der Waals surface area contributed by atoms with Gasteiger partial charge in [-0.3, -0.25) is 4.79 Å². The summed E-state index contributed by atoms with van der Waals surface area (Å²) >= 11 is 0. The molecule has 0 atom stereocenters. The van der Waals surface area contributed by atoms with Crippen LogP contribution in [-0.4, -0.2) is 21.1 Å². The molecule has 5 nitrogen and oxygen atoms in total. The Morgan fingerprint density at radius 1 is 1.10 bits per heavy atom. The number of carbonyl (C=O) groups excluding carboxylic acids is 1. The van der Waals surface area contributed by atoms with Crippen molar-refractivity contribution in [1.29, 1.82) is 0 Å². The summed E-state index contributed by atoms with van der Waals surface area (Å²) < 4.78 is 37.5. The number of amides is 1. The number of carbonyl (C=O) groups is 1. The van der Waals surface area contributed by atoms with E-state index in [9.17, 15) is 18.0 Å². The van der Waals surface area contributed by atoms with Crippen molar-refractivity contribution in [3.05, 3.63) is 46.9 Å². The molecule has 0 saturated carbocycles. The van der Waals surface area contributed by atoms with Crippen LogP contribution in [0.25, 0.3) is 0 Å². The normalized spacial score (nSPS) is 11.3. The second kappa shape index (κ2) is 5.47. The zero-order chi connectivity index (χ0) is 15.6. The lowest BCUT2D eigenvalue weighted by Crippen LogP contribution is -2.17. The van der Waals surface area contributed by atoms with Crippen molar-refractivity contribution in [2.75, 3.05) is 5.32 Å². The molecule has 8 heteroatoms. The van der Waals surface area contributed by atoms with Gasteiger partial charge in [-0.05, 0) is 38.1 Å². The Hall–Kier alpha value is -2.51. The maximum Gasteiger partial charge on any atom is 0.433 e. The van der Waals surface area contributed by atoms with Crippen molar-refractivity contribution < 1.29 is 18.0 Å². The summed E-state index contributed by atoms with van der Waals surface area (Å²) in [5.74, 6) is -0.378. The van der Waals surface area contributed by atoms with Crippen LogP contribution in [0.3, 0.4) is 0 Å². The van der Waals surface area contributed by atoms with Gasteiger partial charge < -0.3 is 5.32 Å². The van der Waals surface area contributed by atoms with Crippen molar-refractivity contribution in [2.24, 2.45) is 0 Å². The second-order valence-corrected chi connectivity index (χ2v) is 4.34. The Morgan fingerprint density at radius 3 is 2.33 bits per heavy atom. The number of rotatable bonds is 2. The van der Waals surface area contributed by atoms with Gasteiger partial charge in [-0.15, -0.1) is 5.10 Å². The first kappa shape index (κ1) is 14.9. The Labute approximate surface area is 118 Å². The number of aryl methyl sites for hydroxylation is 2. The highest BCUT2D eigenvalue weighted by atomic mass is 19.4. The molecule has 21 heavy (non-hydrogen) atoms. The van der Waals surface area contributed by atoms with Gasteiger partial charge in [-0.2, -0.15) is 18.3 Å². The van der Waals surface area contributed by atoms with Gasteiger partial charge >= 0.3 is 6.18 Å². The molecular formula is C13H11F3N4O. The highest BCUT2D eigenvalue weighted by Crippen LogP contribution is 2.28. The molecule has 0 aliphatic rings. The van der Waals surface area contributed by atoms with Crippen LogP contribution in [0.5, 0.6) is 0 Å². The van der Waals surface area contributed by atoms with E-state index in [4.69, 9.17) is 0 Å². The molecule has 2 rings (SSSR count). The van der Waals surface area contributed by atoms with Crippen LogP contribution in [-0.2, 0) is 6.18 Å². The standard InChI is InChI=1S/C13H11F3N4O/c1-7-3-6-11(20-19-7)18-12(21)9-4-5-10(13(14,15)16)17-8(9)2/h3-6H,1-2H3,(H,18,20,21). The van der Waals surface area contributed by atoms with Crippen molar-refractivity contribution >= 4 is 11.7 Å². The fourth-order valence-corrected chi connectivity index (χ4v) is 1.61. The zero-order valence-corrected chi connectivity index (χ0v) is 11.2. The number of nitrogens with one attached hydrogen (secondary N) is 1. The van der Waals surface area contributed by atoms with Crippen molar-refractivity contribution in [3.8, 4) is 0 Å². The number of halogens is 3. The van der Waals surface area contributed by atoms with Crippen molar-refractivity contribution in [2.45, 2.75) is 20.0 Å². The first-order valence-electron chi connectivity index (χ1n) is 5.94. The molecule has 2 aromatic rings. The molecular weight excluding hydrogens is 285 g/mol. The smallest absolute Gasteiger partial charge is 0.305 e. The van der Waals surface area contributed by atoms with Gasteiger partial charge in [0.05, 0.1) is 17.0 Å². The van der Waals surface area contributed by atoms with Crippen LogP contribution in [0.4, 0.5) is 19.0 Å². The van der Waals surface area contributed by atoms with E-state index in [2.05, 4.69) is 20.5 Å². The minimum Gasteiger partial charge on any atom is -0.305 e. The molecule has 0 aliphatic carbocycles. The monoisotopic (exact) mass is 296 g/mol. The first-order valence-corrected chi connectivity index (χ1v) is 5.94. The molecule has 0 spiro atoms. The summed E-state index contributed by atoms with van der Waals surface area (Å²) in [6, 6.07) is 5.05. The predicted octanol–water partition coefficient (Wildman–Crippen LogP) is 2.76. The lowest BCUT2D eigenvalue weighted by atomic mass is 10.1. The molecule has 1 amide bonds. The van der Waals surface area contributed by atoms with Crippen LogP contribution in [0, 0.1) is 13.8 Å². The Balaban J connectivity index is 2.22. The third-order valence-corrected chi connectivity index (χ3v) is 2.66. The second-order valence-electron chi connectivity index (χ2n) is 4.34. The predicted molar refractivity (Wildman–Crippen MR) is 68.7 cm³/mol. The number of hydrogen-bond acceptors (Lipinski definition) is 4. The van der Waals surface area contributed by atoms with Gasteiger partial charge in [-0.25, -0.2) is 4.98 Å². The SMILES string of the molecule is Cc1ccc(NC(=O)c2ccc(C(F)(F)F)nc2C)nn1. The van der Waals surface area contributed by atoms with E-state index in [0.717, 1.165) is 12.1 Å². The first-order chi connectivity index (χ1) is 9.77. The van der Waals surface area contributed by atoms with Gasteiger partial charge in [0.15, 0.2) is 5.82 Å². The lowest BCUT2D eigenvalue weighted by Gasteiger charge is -2.10. The zero-order valence-electron chi connectivity index (χ0n) is 11.2. The molecule has 0 unspecified atom stereocenters. The highest BCUT2D eigenvalue weighted by Gasteiger charge is 2.33. The molecule has 2 aromatic heterocycles. The van der Waals surface area contributed by atoms with E-state index in [0.29, 0.717) is 5.69 Å². The van der Waals surface area contributed by atoms with E-state index >= 15 is 0 Å². The van der Waals surface area contributed by atoms with Crippen molar-refractivity contribution in [3.63, 3.8) is 0 Å². The Kier molecular flexibility index (Phi) is 3.88. The summed E-state index contributed by atoms with van der Waals surface area (Å²) in [6.45, 7) is 3.08. The fraction of sp³-hybridized carbons (Fsp3) is 0.231. The summed E-state index contributed by atoms with van der Waals surface area (Å²) in [4.78, 5) is 15.4. The molecule has 0 radical (unpaired) electrons. The Bertz CT molecular complexity index is 668. The number of hydrogen-bond donors (Lipinski definition) is 1. The summed E-state index contributed by atoms with van der Waals surface area (Å²) in [5, 5.41) is 9.96. The van der Waals surface area contributed by atoms with E-state index in [1.54, 1.807) is 19.1 Å². The molecule has 1 N–H and O–H groups in total. The lowest BCUT2D eigenvalue weighted by molar-refractivity contribution is -0.141. The molecule has 0 aliphatic heterocycles. The molecule has 0 fully saturated rings. The average Bonchev–Trinajstić information content (AvgIpc) is 2.40. The minimum absolute atomic E-state index is 0.0117. The van der Waals surface area contributed by atoms with E-state index in [1.165, 1.54) is 6.92 Å². The van der Waals surface area contributed by atoms with E-state index < -0.39 is 17.8 Å². The maximum atomic E-state index is 12.5. The van der Waals surface area contributed by atoms with E-state index in [-0.39, 0.29) is 17.1 Å². The summed E-state index contributed by atoms with van der Waals surface area (Å²) in [7, 11) is 0. The molecule has 0 aromatic carbocycles. The maximum absolute atomic E-state index is 12.5. The third-order valence-electron chi connectivity index (χ3n) is 2.66. The summed E-state index contributed by atoms with van der Waals surface area (Å²) in [5.41, 5.74) is -0.320. The van der Waals surface area contributed by atoms with Crippen molar-refractivity contribution in [1.82, 2.24) is 15.2 Å².